The van der Waals surface area contributed by atoms with E-state index >= 15 is 0 Å². The molecule has 1 atom stereocenters. The fraction of sp³-hybridized carbons (Fsp3) is 0.364. The van der Waals surface area contributed by atoms with Gasteiger partial charge in [0.15, 0.2) is 5.96 Å². The highest BCUT2D eigenvalue weighted by atomic mass is 127. The molecule has 8 heteroatoms. The number of hydrogen-bond acceptors (Lipinski definition) is 3. The fourth-order valence-corrected chi connectivity index (χ4v) is 4.09. The molecule has 2 aliphatic rings. The van der Waals surface area contributed by atoms with Crippen LogP contribution in [-0.2, 0) is 4.79 Å². The summed E-state index contributed by atoms with van der Waals surface area (Å²) in [5.74, 6) is 0.569. The van der Waals surface area contributed by atoms with Crippen LogP contribution in [0.3, 0.4) is 0 Å². The summed E-state index contributed by atoms with van der Waals surface area (Å²) in [5.41, 5.74) is 2.63. The number of benzene rings is 2. The number of amides is 1. The Morgan fingerprint density at radius 3 is 2.57 bits per heavy atom. The van der Waals surface area contributed by atoms with Crippen LogP contribution in [0.25, 0.3) is 0 Å². The molecule has 30 heavy (non-hydrogen) atoms. The largest absolute Gasteiger partial charge is 0.366 e. The van der Waals surface area contributed by atoms with Gasteiger partial charge in [0.2, 0.25) is 5.91 Å². The van der Waals surface area contributed by atoms with Crippen LogP contribution < -0.4 is 15.5 Å². The minimum Gasteiger partial charge on any atom is -0.366 e. The van der Waals surface area contributed by atoms with Gasteiger partial charge in [-0.15, -0.1) is 24.0 Å². The molecule has 6 nitrogen and oxygen atoms in total. The second-order valence-corrected chi connectivity index (χ2v) is 7.32. The molecule has 0 radical (unpaired) electrons. The van der Waals surface area contributed by atoms with Crippen LogP contribution >= 0.6 is 24.0 Å². The van der Waals surface area contributed by atoms with Crippen molar-refractivity contribution in [1.29, 1.82) is 0 Å². The molecule has 2 aliphatic heterocycles. The maximum absolute atomic E-state index is 14.0. The van der Waals surface area contributed by atoms with Crippen LogP contribution in [0.15, 0.2) is 53.5 Å². The monoisotopic (exact) mass is 523 g/mol. The molecular weight excluding hydrogens is 496 g/mol. The number of nitrogens with one attached hydrogen (secondary N) is 2. The number of aliphatic imine (C=N–C) groups is 1. The molecule has 2 N–H and O–H groups in total. The summed E-state index contributed by atoms with van der Waals surface area (Å²) < 4.78 is 14.0. The highest BCUT2D eigenvalue weighted by molar-refractivity contribution is 14.0. The topological polar surface area (TPSA) is 60.0 Å². The smallest absolute Gasteiger partial charge is 0.232 e. The average Bonchev–Trinajstić information content (AvgIpc) is 3.07. The molecule has 0 aromatic heterocycles. The number of rotatable bonds is 4. The van der Waals surface area contributed by atoms with Crippen molar-refractivity contribution in [3.63, 3.8) is 0 Å². The van der Waals surface area contributed by atoms with Gasteiger partial charge in [0, 0.05) is 45.5 Å². The molecule has 1 unspecified atom stereocenters. The molecule has 1 fully saturated rings. The number of para-hydroxylation sites is 2. The van der Waals surface area contributed by atoms with Gasteiger partial charge in [-0.25, -0.2) is 4.39 Å². The minimum atomic E-state index is -0.182. The number of carbonyl (C=O) groups is 1. The molecule has 2 aromatic carbocycles. The number of piperazine rings is 1. The number of fused-ring (bicyclic) bond motifs is 1. The lowest BCUT2D eigenvalue weighted by Crippen LogP contribution is -2.53. The van der Waals surface area contributed by atoms with Gasteiger partial charge in [0.1, 0.15) is 5.82 Å². The molecule has 0 saturated carbocycles. The third kappa shape index (κ3) is 4.69. The van der Waals surface area contributed by atoms with Gasteiger partial charge in [-0.05, 0) is 30.2 Å². The van der Waals surface area contributed by atoms with Gasteiger partial charge in [-0.1, -0.05) is 30.3 Å². The first-order valence-electron chi connectivity index (χ1n) is 10.0. The van der Waals surface area contributed by atoms with Crippen LogP contribution in [0, 0.1) is 5.82 Å². The van der Waals surface area contributed by atoms with E-state index in [2.05, 4.69) is 25.4 Å². The Hall–Kier alpha value is -2.36. The van der Waals surface area contributed by atoms with E-state index in [1.54, 1.807) is 13.1 Å². The van der Waals surface area contributed by atoms with Gasteiger partial charge >= 0.3 is 0 Å². The first kappa shape index (κ1) is 22.3. The second-order valence-electron chi connectivity index (χ2n) is 7.32. The minimum absolute atomic E-state index is 0. The summed E-state index contributed by atoms with van der Waals surface area (Å²) in [6, 6.07) is 14.7. The van der Waals surface area contributed by atoms with Crippen molar-refractivity contribution in [1.82, 2.24) is 10.2 Å². The summed E-state index contributed by atoms with van der Waals surface area (Å²) in [7, 11) is 1.77. The molecule has 1 amide bonds. The lowest BCUT2D eigenvalue weighted by atomic mass is 9.97. The summed E-state index contributed by atoms with van der Waals surface area (Å²) in [6.07, 6.45) is 0.705. The second kappa shape index (κ2) is 10.1. The Bertz CT molecular complexity index is 914. The molecule has 4 rings (SSSR count). The standard InChI is InChI=1S/C22H26FN5O.HI/c1-24-22(25-11-10-17-16-6-2-4-8-19(16)26-21(17)29)28-14-12-27(13-15-28)20-9-5-3-7-18(20)23;/h2-9,17H,10-15H2,1H3,(H,24,25)(H,26,29);1H. The Labute approximate surface area is 193 Å². The van der Waals surface area contributed by atoms with E-state index < -0.39 is 0 Å². The first-order valence-corrected chi connectivity index (χ1v) is 10.0. The summed E-state index contributed by atoms with van der Waals surface area (Å²) in [6.45, 7) is 3.66. The van der Waals surface area contributed by atoms with Gasteiger partial charge in [-0.2, -0.15) is 0 Å². The predicted molar refractivity (Wildman–Crippen MR) is 129 cm³/mol. The van der Waals surface area contributed by atoms with E-state index in [1.165, 1.54) is 6.07 Å². The third-order valence-electron chi connectivity index (χ3n) is 5.61. The molecule has 1 saturated heterocycles. The normalized spacial score (nSPS) is 18.5. The van der Waals surface area contributed by atoms with E-state index in [9.17, 15) is 9.18 Å². The number of hydrogen-bond donors (Lipinski definition) is 2. The van der Waals surface area contributed by atoms with Crippen LogP contribution in [0.2, 0.25) is 0 Å². The maximum Gasteiger partial charge on any atom is 0.232 e. The van der Waals surface area contributed by atoms with Crippen molar-refractivity contribution < 1.29 is 9.18 Å². The Morgan fingerprint density at radius 2 is 1.83 bits per heavy atom. The predicted octanol–water partition coefficient (Wildman–Crippen LogP) is 3.27. The van der Waals surface area contributed by atoms with Crippen LogP contribution in [-0.4, -0.2) is 56.5 Å². The fourth-order valence-electron chi connectivity index (χ4n) is 4.09. The van der Waals surface area contributed by atoms with Crippen LogP contribution in [0.1, 0.15) is 17.9 Å². The Balaban J connectivity index is 0.00000256. The van der Waals surface area contributed by atoms with Crippen molar-refractivity contribution in [3.05, 3.63) is 59.9 Å². The molecule has 2 heterocycles. The molecule has 0 aliphatic carbocycles. The highest BCUT2D eigenvalue weighted by Crippen LogP contribution is 2.33. The van der Waals surface area contributed by atoms with Crippen molar-refractivity contribution in [2.75, 3.05) is 50.0 Å². The van der Waals surface area contributed by atoms with E-state index in [0.717, 1.165) is 43.4 Å². The maximum atomic E-state index is 14.0. The van der Waals surface area contributed by atoms with Gasteiger partial charge in [0.05, 0.1) is 11.6 Å². The molecule has 0 bridgehead atoms. The number of nitrogens with zero attached hydrogens (tertiary/aromatic N) is 3. The zero-order valence-corrected chi connectivity index (χ0v) is 19.3. The van der Waals surface area contributed by atoms with Crippen molar-refractivity contribution in [2.24, 2.45) is 4.99 Å². The number of anilines is 2. The number of carbonyl (C=O) groups excluding carboxylic acids is 1. The van der Waals surface area contributed by atoms with Crippen LogP contribution in [0.5, 0.6) is 0 Å². The molecular formula is C22H27FIN5O. The number of guanidine groups is 1. The van der Waals surface area contributed by atoms with E-state index in [-0.39, 0.29) is 41.6 Å². The van der Waals surface area contributed by atoms with Crippen molar-refractivity contribution in [2.45, 2.75) is 12.3 Å². The van der Waals surface area contributed by atoms with E-state index in [4.69, 9.17) is 0 Å². The Kier molecular flexibility index (Phi) is 7.52. The van der Waals surface area contributed by atoms with Gasteiger partial charge < -0.3 is 20.4 Å². The zero-order valence-electron chi connectivity index (χ0n) is 17.0. The lowest BCUT2D eigenvalue weighted by molar-refractivity contribution is -0.117. The highest BCUT2D eigenvalue weighted by Gasteiger charge is 2.30. The van der Waals surface area contributed by atoms with Crippen molar-refractivity contribution in [3.8, 4) is 0 Å². The Morgan fingerprint density at radius 1 is 1.13 bits per heavy atom. The lowest BCUT2D eigenvalue weighted by Gasteiger charge is -2.37. The van der Waals surface area contributed by atoms with Crippen LogP contribution in [0.4, 0.5) is 15.8 Å². The molecule has 160 valence electrons. The van der Waals surface area contributed by atoms with Gasteiger partial charge in [-0.3, -0.25) is 9.79 Å². The summed E-state index contributed by atoms with van der Waals surface area (Å²) in [4.78, 5) is 20.9. The SMILES string of the molecule is CN=C(NCCC1C(=O)Nc2ccccc21)N1CCN(c2ccccc2F)CC1.I. The summed E-state index contributed by atoms with van der Waals surface area (Å²) >= 11 is 0. The molecule has 0 spiro atoms. The number of halogens is 2. The first-order chi connectivity index (χ1) is 14.2. The zero-order chi connectivity index (χ0) is 20.2. The average molecular weight is 523 g/mol. The molecule has 2 aromatic rings. The third-order valence-corrected chi connectivity index (χ3v) is 5.61. The van der Waals surface area contributed by atoms with E-state index in [1.807, 2.05) is 36.4 Å². The summed E-state index contributed by atoms with van der Waals surface area (Å²) in [5, 5.41) is 6.33. The van der Waals surface area contributed by atoms with Crippen molar-refractivity contribution >= 4 is 47.2 Å². The quantitative estimate of drug-likeness (QED) is 0.367. The van der Waals surface area contributed by atoms with Gasteiger partial charge in [0.25, 0.3) is 0 Å². The van der Waals surface area contributed by atoms with E-state index in [0.29, 0.717) is 18.7 Å².